The van der Waals surface area contributed by atoms with E-state index in [1.54, 1.807) is 17.7 Å². The lowest BCUT2D eigenvalue weighted by Crippen LogP contribution is -2.13. The summed E-state index contributed by atoms with van der Waals surface area (Å²) in [6.45, 7) is -0.191. The second-order valence-corrected chi connectivity index (χ2v) is 6.37. The maximum Gasteiger partial charge on any atom is 0.343 e. The number of hydrazone groups is 1. The van der Waals surface area contributed by atoms with Crippen molar-refractivity contribution in [1.29, 1.82) is 0 Å². The molecule has 0 saturated heterocycles. The third-order valence-electron chi connectivity index (χ3n) is 2.71. The molecule has 24 heavy (non-hydrogen) atoms. The molecule has 0 fully saturated rings. The van der Waals surface area contributed by atoms with Gasteiger partial charge in [-0.15, -0.1) is 11.3 Å². The van der Waals surface area contributed by atoms with Gasteiger partial charge in [-0.2, -0.15) is 5.10 Å². The van der Waals surface area contributed by atoms with E-state index < -0.39 is 5.97 Å². The first-order valence-electron chi connectivity index (χ1n) is 6.60. The molecule has 1 heterocycles. The molecule has 0 aliphatic heterocycles. The van der Waals surface area contributed by atoms with Crippen LogP contribution in [0, 0.1) is 3.57 Å². The number of nitrogens with zero attached hydrogens (tertiary/aromatic N) is 2. The highest BCUT2D eigenvalue weighted by Gasteiger charge is 2.13. The summed E-state index contributed by atoms with van der Waals surface area (Å²) in [6.07, 6.45) is 1.62. The van der Waals surface area contributed by atoms with E-state index in [9.17, 15) is 4.79 Å². The Balaban J connectivity index is 2.11. The minimum Gasteiger partial charge on any atom is -0.493 e. The normalized spacial score (nSPS) is 10.6. The maximum absolute atomic E-state index is 11.2. The molecule has 128 valence electrons. The molecular weight excluding hydrogens is 447 g/mol. The highest BCUT2D eigenvalue weighted by molar-refractivity contribution is 14.1. The molecule has 0 aliphatic carbocycles. The number of anilines is 2. The number of rotatable bonds is 7. The predicted octanol–water partition coefficient (Wildman–Crippen LogP) is 2.34. The van der Waals surface area contributed by atoms with Crippen LogP contribution in [0.1, 0.15) is 5.56 Å². The van der Waals surface area contributed by atoms with Crippen LogP contribution in [0.2, 0.25) is 0 Å². The number of carbonyl (C=O) groups is 1. The van der Waals surface area contributed by atoms with Gasteiger partial charge in [-0.25, -0.2) is 9.78 Å². The van der Waals surface area contributed by atoms with E-state index >= 15 is 0 Å². The van der Waals surface area contributed by atoms with Crippen LogP contribution in [0.3, 0.4) is 0 Å². The Morgan fingerprint density at radius 3 is 2.92 bits per heavy atom. The lowest BCUT2D eigenvalue weighted by atomic mass is 10.2. The second-order valence-electron chi connectivity index (χ2n) is 4.35. The standard InChI is InChI=1S/C14H15IN4O4S/c1-21-10-4-8(5-17-19-14-18-11(16)7-24-14)3-9(15)13(10)23-6-12(20)22-2/h3-5,7H,6,16H2,1-2H3,(H,18,19). The summed E-state index contributed by atoms with van der Waals surface area (Å²) < 4.78 is 16.1. The van der Waals surface area contributed by atoms with Gasteiger partial charge in [0.1, 0.15) is 5.82 Å². The summed E-state index contributed by atoms with van der Waals surface area (Å²) in [5, 5.41) is 6.42. The molecule has 2 rings (SSSR count). The fourth-order valence-electron chi connectivity index (χ4n) is 1.64. The monoisotopic (exact) mass is 462 g/mol. The van der Waals surface area contributed by atoms with Gasteiger partial charge in [-0.1, -0.05) is 0 Å². The number of thiazole rings is 1. The average Bonchev–Trinajstić information content (AvgIpc) is 2.98. The number of benzene rings is 1. The Morgan fingerprint density at radius 1 is 1.50 bits per heavy atom. The largest absolute Gasteiger partial charge is 0.493 e. The van der Waals surface area contributed by atoms with E-state index in [0.29, 0.717) is 22.4 Å². The van der Waals surface area contributed by atoms with Gasteiger partial charge in [0.05, 0.1) is 24.0 Å². The Labute approximate surface area is 156 Å². The summed E-state index contributed by atoms with van der Waals surface area (Å²) in [5.41, 5.74) is 9.12. The van der Waals surface area contributed by atoms with Gasteiger partial charge in [0.15, 0.2) is 18.1 Å². The van der Waals surface area contributed by atoms with Gasteiger partial charge in [0, 0.05) is 5.38 Å². The fourth-order valence-corrected chi connectivity index (χ4v) is 2.97. The van der Waals surface area contributed by atoms with E-state index in [4.69, 9.17) is 15.2 Å². The topological polar surface area (TPSA) is 108 Å². The van der Waals surface area contributed by atoms with Crippen LogP contribution in [0.4, 0.5) is 10.9 Å². The van der Waals surface area contributed by atoms with E-state index in [1.807, 2.05) is 6.07 Å². The van der Waals surface area contributed by atoms with E-state index in [-0.39, 0.29) is 6.61 Å². The highest BCUT2D eigenvalue weighted by atomic mass is 127. The molecule has 0 radical (unpaired) electrons. The molecule has 0 saturated carbocycles. The minimum atomic E-state index is -0.467. The van der Waals surface area contributed by atoms with E-state index in [0.717, 1.165) is 9.13 Å². The third kappa shape index (κ3) is 4.96. The van der Waals surface area contributed by atoms with Gasteiger partial charge < -0.3 is 19.9 Å². The Hall–Kier alpha value is -2.08. The summed E-state index contributed by atoms with van der Waals surface area (Å²) in [7, 11) is 2.82. The van der Waals surface area contributed by atoms with Crippen LogP contribution in [0.25, 0.3) is 0 Å². The zero-order valence-electron chi connectivity index (χ0n) is 12.9. The molecule has 0 atom stereocenters. The summed E-state index contributed by atoms with van der Waals surface area (Å²) in [4.78, 5) is 15.2. The first-order chi connectivity index (χ1) is 11.5. The van der Waals surface area contributed by atoms with Crippen LogP contribution in [0.5, 0.6) is 11.5 Å². The number of esters is 1. The van der Waals surface area contributed by atoms with E-state index in [1.165, 1.54) is 25.6 Å². The number of nitrogens with two attached hydrogens (primary N) is 1. The van der Waals surface area contributed by atoms with Crippen molar-refractivity contribution in [3.8, 4) is 11.5 Å². The van der Waals surface area contributed by atoms with Gasteiger partial charge >= 0.3 is 5.97 Å². The van der Waals surface area contributed by atoms with Crippen molar-refractivity contribution in [2.24, 2.45) is 5.10 Å². The maximum atomic E-state index is 11.2. The van der Waals surface area contributed by atoms with Crippen LogP contribution < -0.4 is 20.6 Å². The molecule has 0 aliphatic rings. The predicted molar refractivity (Wildman–Crippen MR) is 101 cm³/mol. The zero-order valence-corrected chi connectivity index (χ0v) is 15.9. The van der Waals surface area contributed by atoms with Crippen molar-refractivity contribution in [2.45, 2.75) is 0 Å². The van der Waals surface area contributed by atoms with Crippen LogP contribution >= 0.6 is 33.9 Å². The Bertz CT molecular complexity index is 750. The van der Waals surface area contributed by atoms with Gasteiger partial charge in [-0.3, -0.25) is 5.43 Å². The lowest BCUT2D eigenvalue weighted by Gasteiger charge is -2.12. The molecule has 0 bridgehead atoms. The SMILES string of the molecule is COC(=O)COc1c(I)cc(C=NNc2nc(N)cs2)cc1OC. The zero-order chi connectivity index (χ0) is 17.5. The van der Waals surface area contributed by atoms with Gasteiger partial charge in [-0.05, 0) is 40.3 Å². The number of hydrogen-bond donors (Lipinski definition) is 2. The Kier molecular flexibility index (Phi) is 6.61. The first-order valence-corrected chi connectivity index (χ1v) is 8.56. The molecule has 1 aromatic heterocycles. The highest BCUT2D eigenvalue weighted by Crippen LogP contribution is 2.33. The molecule has 2 aromatic rings. The van der Waals surface area contributed by atoms with E-state index in [2.05, 4.69) is 42.8 Å². The number of halogens is 1. The second kappa shape index (κ2) is 8.68. The first kappa shape index (κ1) is 18.3. The molecule has 0 unspecified atom stereocenters. The third-order valence-corrected chi connectivity index (χ3v) is 4.28. The molecule has 0 amide bonds. The Morgan fingerprint density at radius 2 is 2.29 bits per heavy atom. The average molecular weight is 462 g/mol. The summed E-state index contributed by atoms with van der Waals surface area (Å²) in [6, 6.07) is 3.59. The molecule has 0 spiro atoms. The molecule has 10 heteroatoms. The van der Waals surface area contributed by atoms with Crippen molar-refractivity contribution < 1.29 is 19.0 Å². The number of aromatic nitrogens is 1. The molecule has 8 nitrogen and oxygen atoms in total. The van der Waals surface area contributed by atoms with Crippen molar-refractivity contribution in [2.75, 3.05) is 32.0 Å². The fraction of sp³-hybridized carbons (Fsp3) is 0.214. The van der Waals surface area contributed by atoms with Crippen LogP contribution in [-0.2, 0) is 9.53 Å². The summed E-state index contributed by atoms with van der Waals surface area (Å²) >= 11 is 3.45. The number of carbonyl (C=O) groups excluding carboxylic acids is 1. The lowest BCUT2D eigenvalue weighted by molar-refractivity contribution is -0.142. The van der Waals surface area contributed by atoms with Crippen molar-refractivity contribution >= 4 is 57.1 Å². The quantitative estimate of drug-likeness (QED) is 0.282. The number of hydrogen-bond acceptors (Lipinski definition) is 9. The van der Waals surface area contributed by atoms with Crippen LogP contribution in [-0.4, -0.2) is 38.0 Å². The number of nitrogen functional groups attached to an aromatic ring is 1. The van der Waals surface area contributed by atoms with Crippen molar-refractivity contribution in [1.82, 2.24) is 4.98 Å². The molecule has 3 N–H and O–H groups in total. The number of nitrogens with one attached hydrogen (secondary N) is 1. The number of ether oxygens (including phenoxy) is 3. The minimum absolute atomic E-state index is 0.191. The smallest absolute Gasteiger partial charge is 0.343 e. The molecular formula is C14H15IN4O4S. The van der Waals surface area contributed by atoms with Gasteiger partial charge in [0.25, 0.3) is 0 Å². The van der Waals surface area contributed by atoms with Crippen molar-refractivity contribution in [3.05, 3.63) is 26.6 Å². The van der Waals surface area contributed by atoms with Crippen LogP contribution in [0.15, 0.2) is 22.6 Å². The molecule has 1 aromatic carbocycles. The van der Waals surface area contributed by atoms with Crippen molar-refractivity contribution in [3.63, 3.8) is 0 Å². The summed E-state index contributed by atoms with van der Waals surface area (Å²) in [5.74, 6) is 0.943. The van der Waals surface area contributed by atoms with Gasteiger partial charge in [0.2, 0.25) is 5.13 Å². The number of methoxy groups -OCH3 is 2.